The van der Waals surface area contributed by atoms with Crippen molar-refractivity contribution in [2.75, 3.05) is 59.7 Å². The van der Waals surface area contributed by atoms with E-state index in [2.05, 4.69) is 20.6 Å². The number of hydrogen-bond donors (Lipinski definition) is 2. The number of amides is 3. The number of nitrogens with one attached hydrogen (secondary N) is 2. The van der Waals surface area contributed by atoms with Gasteiger partial charge in [0.15, 0.2) is 5.69 Å². The fourth-order valence-electron chi connectivity index (χ4n) is 5.41. The zero-order valence-corrected chi connectivity index (χ0v) is 23.8. The summed E-state index contributed by atoms with van der Waals surface area (Å²) in [5, 5.41) is 5.47. The molecular formula is C29H34F3N7O3. The maximum atomic E-state index is 13.7. The van der Waals surface area contributed by atoms with Gasteiger partial charge in [-0.3, -0.25) is 4.79 Å². The van der Waals surface area contributed by atoms with Crippen molar-refractivity contribution in [3.8, 4) is 0 Å². The molecule has 13 heteroatoms. The fraction of sp³-hybridized carbons (Fsp3) is 0.448. The number of carbonyl (C=O) groups excluding carboxylic acids is 2. The number of nitrogens with zero attached hydrogens (tertiary/aromatic N) is 5. The number of benzene rings is 1. The van der Waals surface area contributed by atoms with Gasteiger partial charge in [0.1, 0.15) is 5.82 Å². The lowest BCUT2D eigenvalue weighted by atomic mass is 10.1. The summed E-state index contributed by atoms with van der Waals surface area (Å²) in [5.74, 6) is -1.30. The number of aryl methyl sites for hydroxylation is 3. The monoisotopic (exact) mass is 585 g/mol. The van der Waals surface area contributed by atoms with Crippen molar-refractivity contribution in [3.05, 3.63) is 58.6 Å². The zero-order valence-electron chi connectivity index (χ0n) is 23.8. The zero-order chi connectivity index (χ0) is 30.0. The Morgan fingerprint density at radius 3 is 2.14 bits per heavy atom. The van der Waals surface area contributed by atoms with Crippen LogP contribution in [-0.4, -0.2) is 66.1 Å². The minimum atomic E-state index is -4.84. The van der Waals surface area contributed by atoms with Crippen LogP contribution in [0.5, 0.6) is 0 Å². The Morgan fingerprint density at radius 2 is 1.55 bits per heavy atom. The van der Waals surface area contributed by atoms with Crippen LogP contribution >= 0.6 is 0 Å². The molecule has 2 aromatic heterocycles. The summed E-state index contributed by atoms with van der Waals surface area (Å²) >= 11 is 0. The Morgan fingerprint density at radius 1 is 0.881 bits per heavy atom. The summed E-state index contributed by atoms with van der Waals surface area (Å²) in [5.41, 5.74) is 2.85. The average molecular weight is 586 g/mol. The molecule has 2 N–H and O–H groups in total. The molecule has 224 valence electrons. The number of carbonyl (C=O) groups is 2. The molecule has 3 amide bonds. The van der Waals surface area contributed by atoms with Crippen LogP contribution in [0, 0.1) is 20.8 Å². The van der Waals surface area contributed by atoms with E-state index in [0.717, 1.165) is 41.6 Å². The molecule has 1 aromatic carbocycles. The number of alkyl halides is 3. The molecule has 0 radical (unpaired) electrons. The molecule has 0 aliphatic carbocycles. The van der Waals surface area contributed by atoms with E-state index < -0.39 is 23.5 Å². The van der Waals surface area contributed by atoms with Crippen LogP contribution in [0.15, 0.2) is 34.9 Å². The van der Waals surface area contributed by atoms with Gasteiger partial charge in [0.2, 0.25) is 5.76 Å². The van der Waals surface area contributed by atoms with Crippen molar-refractivity contribution >= 4 is 35.1 Å². The van der Waals surface area contributed by atoms with E-state index in [9.17, 15) is 22.8 Å². The Kier molecular flexibility index (Phi) is 8.28. The van der Waals surface area contributed by atoms with Crippen molar-refractivity contribution in [2.24, 2.45) is 0 Å². The predicted octanol–water partition coefficient (Wildman–Crippen LogP) is 5.61. The van der Waals surface area contributed by atoms with E-state index in [0.29, 0.717) is 45.1 Å². The minimum Gasteiger partial charge on any atom is -0.417 e. The molecule has 0 unspecified atom stereocenters. The van der Waals surface area contributed by atoms with Gasteiger partial charge in [-0.05, 0) is 63.3 Å². The number of pyridine rings is 1. The number of urea groups is 1. The molecule has 0 bridgehead atoms. The first-order chi connectivity index (χ1) is 20.0. The van der Waals surface area contributed by atoms with Crippen LogP contribution < -0.4 is 20.4 Å². The summed E-state index contributed by atoms with van der Waals surface area (Å²) < 4.78 is 46.3. The smallest absolute Gasteiger partial charge is 0.417 e. The molecule has 10 nitrogen and oxygen atoms in total. The van der Waals surface area contributed by atoms with Gasteiger partial charge in [-0.1, -0.05) is 17.7 Å². The first-order valence-corrected chi connectivity index (χ1v) is 14.0. The maximum Gasteiger partial charge on any atom is 0.437 e. The minimum absolute atomic E-state index is 0.162. The number of aromatic nitrogens is 2. The second kappa shape index (κ2) is 11.9. The van der Waals surface area contributed by atoms with Gasteiger partial charge >= 0.3 is 12.2 Å². The third-order valence-corrected chi connectivity index (χ3v) is 7.52. The molecular weight excluding hydrogens is 551 g/mol. The van der Waals surface area contributed by atoms with Crippen LogP contribution in [0.4, 0.5) is 41.2 Å². The number of piperazine rings is 1. The van der Waals surface area contributed by atoms with Crippen molar-refractivity contribution < 1.29 is 27.2 Å². The highest BCUT2D eigenvalue weighted by molar-refractivity contribution is 6.03. The summed E-state index contributed by atoms with van der Waals surface area (Å²) in [6.07, 6.45) is -0.845. The molecule has 3 aromatic rings. The van der Waals surface area contributed by atoms with Gasteiger partial charge in [0.25, 0.3) is 11.9 Å². The Labute approximate surface area is 241 Å². The van der Waals surface area contributed by atoms with E-state index >= 15 is 0 Å². The predicted molar refractivity (Wildman–Crippen MR) is 153 cm³/mol. The number of piperidine rings is 1. The van der Waals surface area contributed by atoms with E-state index in [1.54, 1.807) is 21.9 Å². The van der Waals surface area contributed by atoms with Crippen molar-refractivity contribution in [1.82, 2.24) is 14.9 Å². The highest BCUT2D eigenvalue weighted by atomic mass is 19.4. The Hall–Kier alpha value is -4.29. The molecule has 42 heavy (non-hydrogen) atoms. The van der Waals surface area contributed by atoms with Gasteiger partial charge in [-0.2, -0.15) is 18.2 Å². The third-order valence-electron chi connectivity index (χ3n) is 7.52. The first kappa shape index (κ1) is 29.2. The highest BCUT2D eigenvalue weighted by Gasteiger charge is 2.42. The fourth-order valence-corrected chi connectivity index (χ4v) is 5.41. The summed E-state index contributed by atoms with van der Waals surface area (Å²) in [6.45, 7) is 9.07. The standard InChI is InChI=1S/C29H34F3N7O3/c1-18-15-19(2)23(20(3)16-18)35-27(41)38-13-11-37(12-14-38)22-8-7-21(17-33-22)34-26(40)24-25(29(30,31)32)36-28(42-24)39-9-5-4-6-10-39/h7-8,15-17H,4-6,9-14H2,1-3H3,(H,34,40)(H,35,41). The summed E-state index contributed by atoms with van der Waals surface area (Å²) in [7, 11) is 0. The molecule has 2 aliphatic rings. The normalized spacial score (nSPS) is 16.0. The molecule has 5 rings (SSSR count). The van der Waals surface area contributed by atoms with Gasteiger partial charge in [-0.25, -0.2) is 9.78 Å². The molecule has 0 saturated carbocycles. The van der Waals surface area contributed by atoms with E-state index in [4.69, 9.17) is 4.42 Å². The van der Waals surface area contributed by atoms with Gasteiger partial charge in [-0.15, -0.1) is 0 Å². The van der Waals surface area contributed by atoms with Gasteiger partial charge < -0.3 is 29.8 Å². The van der Waals surface area contributed by atoms with Crippen LogP contribution in [0.25, 0.3) is 0 Å². The average Bonchev–Trinajstić information content (AvgIpc) is 3.43. The van der Waals surface area contributed by atoms with Crippen molar-refractivity contribution in [3.63, 3.8) is 0 Å². The van der Waals surface area contributed by atoms with E-state index in [1.165, 1.54) is 6.20 Å². The lowest BCUT2D eigenvalue weighted by Crippen LogP contribution is -2.50. The molecule has 2 saturated heterocycles. The number of hydrogen-bond acceptors (Lipinski definition) is 7. The molecule has 0 atom stereocenters. The number of anilines is 4. The number of rotatable bonds is 5. The summed E-state index contributed by atoms with van der Waals surface area (Å²) in [6, 6.07) is 6.95. The van der Waals surface area contributed by atoms with Crippen LogP contribution in [0.3, 0.4) is 0 Å². The van der Waals surface area contributed by atoms with Crippen LogP contribution in [0.2, 0.25) is 0 Å². The lowest BCUT2D eigenvalue weighted by Gasteiger charge is -2.35. The van der Waals surface area contributed by atoms with E-state index in [-0.39, 0.29) is 17.7 Å². The van der Waals surface area contributed by atoms with Crippen LogP contribution in [0.1, 0.15) is 52.2 Å². The molecule has 2 aliphatic heterocycles. The maximum absolute atomic E-state index is 13.7. The Balaban J connectivity index is 1.19. The molecule has 4 heterocycles. The SMILES string of the molecule is Cc1cc(C)c(NC(=O)N2CCN(c3ccc(NC(=O)c4oc(N5CCCCC5)nc4C(F)(F)F)cn3)CC2)c(C)c1. The first-order valence-electron chi connectivity index (χ1n) is 14.0. The second-order valence-electron chi connectivity index (χ2n) is 10.8. The van der Waals surface area contributed by atoms with Crippen molar-refractivity contribution in [1.29, 1.82) is 0 Å². The lowest BCUT2D eigenvalue weighted by molar-refractivity contribution is -0.141. The molecule has 0 spiro atoms. The van der Waals surface area contributed by atoms with Gasteiger partial charge in [0, 0.05) is 45.0 Å². The quantitative estimate of drug-likeness (QED) is 0.401. The van der Waals surface area contributed by atoms with E-state index in [1.807, 2.05) is 37.8 Å². The molecule has 2 fully saturated rings. The topological polar surface area (TPSA) is 107 Å². The highest BCUT2D eigenvalue weighted by Crippen LogP contribution is 2.35. The number of oxazole rings is 1. The van der Waals surface area contributed by atoms with Crippen molar-refractivity contribution in [2.45, 2.75) is 46.2 Å². The third kappa shape index (κ3) is 6.44. The summed E-state index contributed by atoms with van der Waals surface area (Å²) in [4.78, 5) is 39.1. The van der Waals surface area contributed by atoms with Gasteiger partial charge in [0.05, 0.1) is 11.9 Å². The largest absolute Gasteiger partial charge is 0.437 e. The number of halogens is 3. The second-order valence-corrected chi connectivity index (χ2v) is 10.8. The van der Waals surface area contributed by atoms with Crippen LogP contribution in [-0.2, 0) is 6.18 Å². The Bertz CT molecular complexity index is 1420.